The van der Waals surface area contributed by atoms with Crippen LogP contribution in [0.2, 0.25) is 0 Å². The highest BCUT2D eigenvalue weighted by Gasteiger charge is 2.03. The van der Waals surface area contributed by atoms with Crippen molar-refractivity contribution in [3.63, 3.8) is 0 Å². The first-order chi connectivity index (χ1) is 8.95. The molecule has 1 aromatic rings. The topological polar surface area (TPSA) is 41.6 Å². The molecule has 4 nitrogen and oxygen atoms in total. The number of ether oxygens (including phenoxy) is 1. The lowest BCUT2D eigenvalue weighted by Crippen LogP contribution is -2.11. The Labute approximate surface area is 115 Å². The number of methoxy groups -OCH3 is 1. The van der Waals surface area contributed by atoms with Gasteiger partial charge in [-0.05, 0) is 31.5 Å². The predicted molar refractivity (Wildman–Crippen MR) is 79.8 cm³/mol. The molecule has 0 atom stereocenters. The zero-order chi connectivity index (χ0) is 14.4. The lowest BCUT2D eigenvalue weighted by Gasteiger charge is -2.17. The monoisotopic (exact) mass is 262 g/mol. The second-order valence-electron chi connectivity index (χ2n) is 4.66. The van der Waals surface area contributed by atoms with Gasteiger partial charge in [-0.1, -0.05) is 12.1 Å². The molecule has 1 rings (SSSR count). The molecule has 104 valence electrons. The fraction of sp³-hybridized carbons (Fsp3) is 0.400. The second-order valence-corrected chi connectivity index (χ2v) is 4.66. The van der Waals surface area contributed by atoms with E-state index < -0.39 is 0 Å². The number of aryl methyl sites for hydroxylation is 1. The van der Waals surface area contributed by atoms with Gasteiger partial charge in [0.25, 0.3) is 0 Å². The Morgan fingerprint density at radius 1 is 1.42 bits per heavy atom. The van der Waals surface area contributed by atoms with Gasteiger partial charge in [-0.2, -0.15) is 0 Å². The minimum atomic E-state index is -0.292. The highest BCUT2D eigenvalue weighted by molar-refractivity contribution is 5.87. The smallest absolute Gasteiger partial charge is 0.333 e. The van der Waals surface area contributed by atoms with Crippen molar-refractivity contribution in [2.45, 2.75) is 13.8 Å². The Kier molecular flexibility index (Phi) is 5.42. The largest absolute Gasteiger partial charge is 0.466 e. The van der Waals surface area contributed by atoms with Crippen LogP contribution in [-0.2, 0) is 9.53 Å². The van der Waals surface area contributed by atoms with Crippen molar-refractivity contribution >= 4 is 17.3 Å². The molecule has 0 bridgehead atoms. The van der Waals surface area contributed by atoms with Gasteiger partial charge < -0.3 is 15.0 Å². The summed E-state index contributed by atoms with van der Waals surface area (Å²) in [6.45, 7) is 4.42. The maximum Gasteiger partial charge on any atom is 0.333 e. The first-order valence-electron chi connectivity index (χ1n) is 6.22. The molecule has 0 aliphatic carbocycles. The van der Waals surface area contributed by atoms with Gasteiger partial charge in [0.1, 0.15) is 0 Å². The van der Waals surface area contributed by atoms with E-state index in [1.54, 1.807) is 6.92 Å². The fourth-order valence-electron chi connectivity index (χ4n) is 1.77. The molecule has 0 aromatic heterocycles. The molecule has 4 heteroatoms. The summed E-state index contributed by atoms with van der Waals surface area (Å²) in [4.78, 5) is 13.3. The minimum Gasteiger partial charge on any atom is -0.466 e. The van der Waals surface area contributed by atoms with E-state index >= 15 is 0 Å². The van der Waals surface area contributed by atoms with Gasteiger partial charge in [-0.3, -0.25) is 0 Å². The Bertz CT molecular complexity index is 479. The average Bonchev–Trinajstić information content (AvgIpc) is 2.39. The molecule has 0 saturated carbocycles. The van der Waals surface area contributed by atoms with E-state index in [0.717, 1.165) is 5.69 Å². The van der Waals surface area contributed by atoms with E-state index in [-0.39, 0.29) is 5.97 Å². The molecule has 1 N–H and O–H groups in total. The number of nitrogens with one attached hydrogen (secondary N) is 1. The number of anilines is 2. The van der Waals surface area contributed by atoms with Crippen molar-refractivity contribution in [1.82, 2.24) is 0 Å². The van der Waals surface area contributed by atoms with Crippen LogP contribution in [0.15, 0.2) is 29.8 Å². The number of nitrogens with zero attached hydrogens (tertiary/aromatic N) is 1. The molecular weight excluding hydrogens is 240 g/mol. The van der Waals surface area contributed by atoms with E-state index in [9.17, 15) is 4.79 Å². The molecule has 1 aromatic carbocycles. The van der Waals surface area contributed by atoms with Gasteiger partial charge in [-0.15, -0.1) is 0 Å². The lowest BCUT2D eigenvalue weighted by atomic mass is 10.1. The maximum atomic E-state index is 11.2. The van der Waals surface area contributed by atoms with Crippen LogP contribution >= 0.6 is 0 Å². The van der Waals surface area contributed by atoms with E-state index in [0.29, 0.717) is 12.1 Å². The molecule has 0 fully saturated rings. The molecule has 0 unspecified atom stereocenters. The predicted octanol–water partition coefficient (Wildman–Crippen LogP) is 2.59. The third kappa shape index (κ3) is 4.32. The number of hydrogen-bond acceptors (Lipinski definition) is 4. The van der Waals surface area contributed by atoms with Crippen LogP contribution in [0.4, 0.5) is 11.4 Å². The molecule has 0 spiro atoms. The third-order valence-electron chi connectivity index (χ3n) is 2.91. The summed E-state index contributed by atoms with van der Waals surface area (Å²) in [7, 11) is 5.43. The standard InChI is InChI=1S/C15H22N2O2/c1-11-6-7-13(10-14(11)17(3)4)16-9-8-12(2)15(18)19-5/h6-8,10,16H,9H2,1-5H3/b12-8+. The number of rotatable bonds is 5. The summed E-state index contributed by atoms with van der Waals surface area (Å²) < 4.78 is 4.64. The maximum absolute atomic E-state index is 11.2. The van der Waals surface area contributed by atoms with E-state index in [4.69, 9.17) is 0 Å². The van der Waals surface area contributed by atoms with Crippen LogP contribution in [0.1, 0.15) is 12.5 Å². The number of hydrogen-bond donors (Lipinski definition) is 1. The summed E-state index contributed by atoms with van der Waals surface area (Å²) in [6.07, 6.45) is 1.82. The van der Waals surface area contributed by atoms with Gasteiger partial charge >= 0.3 is 5.97 Å². The third-order valence-corrected chi connectivity index (χ3v) is 2.91. The molecule has 0 aliphatic rings. The summed E-state index contributed by atoms with van der Waals surface area (Å²) in [6, 6.07) is 6.20. The molecule has 0 aliphatic heterocycles. The number of benzene rings is 1. The summed E-state index contributed by atoms with van der Waals surface area (Å²) in [5.74, 6) is -0.292. The SMILES string of the molecule is COC(=O)/C(C)=C/CNc1ccc(C)c(N(C)C)c1. The van der Waals surface area contributed by atoms with Gasteiger partial charge in [0, 0.05) is 37.6 Å². The summed E-state index contributed by atoms with van der Waals surface area (Å²) in [5, 5.41) is 3.27. The fourth-order valence-corrected chi connectivity index (χ4v) is 1.77. The van der Waals surface area contributed by atoms with Crippen LogP contribution in [0.25, 0.3) is 0 Å². The normalized spacial score (nSPS) is 11.1. The van der Waals surface area contributed by atoms with Crippen molar-refractivity contribution in [2.75, 3.05) is 38.0 Å². The Hall–Kier alpha value is -1.97. The Balaban J connectivity index is 2.69. The van der Waals surface area contributed by atoms with Crippen LogP contribution in [0.5, 0.6) is 0 Å². The molecule has 0 amide bonds. The Morgan fingerprint density at radius 2 is 2.11 bits per heavy atom. The highest BCUT2D eigenvalue weighted by atomic mass is 16.5. The molecule has 0 radical (unpaired) electrons. The zero-order valence-corrected chi connectivity index (χ0v) is 12.3. The van der Waals surface area contributed by atoms with Gasteiger partial charge in [-0.25, -0.2) is 4.79 Å². The average molecular weight is 262 g/mol. The molecule has 19 heavy (non-hydrogen) atoms. The first-order valence-corrected chi connectivity index (χ1v) is 6.22. The number of carbonyl (C=O) groups excluding carboxylic acids is 1. The minimum absolute atomic E-state index is 0.292. The quantitative estimate of drug-likeness (QED) is 0.654. The molecule has 0 heterocycles. The van der Waals surface area contributed by atoms with Gasteiger partial charge in [0.15, 0.2) is 0 Å². The highest BCUT2D eigenvalue weighted by Crippen LogP contribution is 2.22. The Morgan fingerprint density at radius 3 is 2.68 bits per heavy atom. The van der Waals surface area contributed by atoms with E-state index in [2.05, 4.69) is 34.0 Å². The zero-order valence-electron chi connectivity index (χ0n) is 12.3. The van der Waals surface area contributed by atoms with Crippen molar-refractivity contribution in [3.05, 3.63) is 35.4 Å². The van der Waals surface area contributed by atoms with Gasteiger partial charge in [0.05, 0.1) is 7.11 Å². The van der Waals surface area contributed by atoms with Crippen LogP contribution in [-0.4, -0.2) is 33.7 Å². The van der Waals surface area contributed by atoms with E-state index in [1.165, 1.54) is 18.4 Å². The number of carbonyl (C=O) groups is 1. The van der Waals surface area contributed by atoms with E-state index in [1.807, 2.05) is 26.2 Å². The van der Waals surface area contributed by atoms with Crippen molar-refractivity contribution in [1.29, 1.82) is 0 Å². The van der Waals surface area contributed by atoms with Crippen LogP contribution < -0.4 is 10.2 Å². The van der Waals surface area contributed by atoms with Crippen molar-refractivity contribution < 1.29 is 9.53 Å². The summed E-state index contributed by atoms with van der Waals surface area (Å²) >= 11 is 0. The lowest BCUT2D eigenvalue weighted by molar-refractivity contribution is -0.136. The number of esters is 1. The van der Waals surface area contributed by atoms with Crippen LogP contribution in [0, 0.1) is 6.92 Å². The molecular formula is C15H22N2O2. The van der Waals surface area contributed by atoms with Crippen molar-refractivity contribution in [3.8, 4) is 0 Å². The second kappa shape index (κ2) is 6.83. The van der Waals surface area contributed by atoms with Crippen LogP contribution in [0.3, 0.4) is 0 Å². The van der Waals surface area contributed by atoms with Gasteiger partial charge in [0.2, 0.25) is 0 Å². The first kappa shape index (κ1) is 15.1. The summed E-state index contributed by atoms with van der Waals surface area (Å²) in [5.41, 5.74) is 4.05. The molecule has 0 saturated heterocycles. The van der Waals surface area contributed by atoms with Crippen molar-refractivity contribution in [2.24, 2.45) is 0 Å².